The van der Waals surface area contributed by atoms with Gasteiger partial charge >= 0.3 is 0 Å². The molecule has 0 fully saturated rings. The third kappa shape index (κ3) is 4.36. The predicted octanol–water partition coefficient (Wildman–Crippen LogP) is 1.84. The lowest BCUT2D eigenvalue weighted by molar-refractivity contribution is -0.115. The monoisotopic (exact) mass is 256 g/mol. The molecule has 1 rings (SSSR count). The third-order valence-electron chi connectivity index (χ3n) is 1.85. The quantitative estimate of drug-likeness (QED) is 0.789. The zero-order valence-electron chi connectivity index (χ0n) is 9.33. The van der Waals surface area contributed by atoms with Gasteiger partial charge < -0.3 is 15.8 Å². The molecule has 0 aromatic heterocycles. The standard InChI is InChI=1S/C11H13FN2O2S/c1-2-16-9-4-3-7(5-8(9)12)14-11(15)6-10(13)17/h3-5H,2,6H2,1H3,(H2,13,17)(H,14,15). The van der Waals surface area contributed by atoms with Crippen molar-refractivity contribution in [2.24, 2.45) is 5.73 Å². The fourth-order valence-corrected chi connectivity index (χ4v) is 1.35. The minimum Gasteiger partial charge on any atom is -0.491 e. The number of nitrogens with two attached hydrogens (primary N) is 1. The van der Waals surface area contributed by atoms with E-state index < -0.39 is 5.82 Å². The van der Waals surface area contributed by atoms with Gasteiger partial charge in [0.25, 0.3) is 0 Å². The van der Waals surface area contributed by atoms with Crippen LogP contribution in [-0.4, -0.2) is 17.5 Å². The summed E-state index contributed by atoms with van der Waals surface area (Å²) in [5.41, 5.74) is 5.56. The SMILES string of the molecule is CCOc1ccc(NC(=O)CC(N)=S)cc1F. The minimum absolute atomic E-state index is 0.0653. The summed E-state index contributed by atoms with van der Waals surface area (Å²) in [5.74, 6) is -0.749. The van der Waals surface area contributed by atoms with Crippen molar-refractivity contribution >= 4 is 28.8 Å². The molecule has 0 aliphatic heterocycles. The van der Waals surface area contributed by atoms with E-state index in [4.69, 9.17) is 10.5 Å². The summed E-state index contributed by atoms with van der Waals surface area (Å²) in [6, 6.07) is 4.18. The summed E-state index contributed by atoms with van der Waals surface area (Å²) in [6.07, 6.45) is -0.0653. The molecule has 0 aliphatic carbocycles. The number of carbonyl (C=O) groups is 1. The van der Waals surface area contributed by atoms with Crippen molar-refractivity contribution in [3.63, 3.8) is 0 Å². The molecule has 0 saturated carbocycles. The van der Waals surface area contributed by atoms with Gasteiger partial charge in [-0.1, -0.05) is 12.2 Å². The number of ether oxygens (including phenoxy) is 1. The second-order valence-electron chi connectivity index (χ2n) is 3.27. The lowest BCUT2D eigenvalue weighted by atomic mass is 10.2. The van der Waals surface area contributed by atoms with Crippen LogP contribution >= 0.6 is 12.2 Å². The molecule has 92 valence electrons. The number of anilines is 1. The molecule has 0 heterocycles. The van der Waals surface area contributed by atoms with E-state index in [-0.39, 0.29) is 23.1 Å². The minimum atomic E-state index is -0.528. The maximum atomic E-state index is 13.4. The number of rotatable bonds is 5. The Morgan fingerprint density at radius 3 is 2.82 bits per heavy atom. The van der Waals surface area contributed by atoms with Crippen LogP contribution in [0.2, 0.25) is 0 Å². The lowest BCUT2D eigenvalue weighted by Gasteiger charge is -2.08. The molecule has 0 radical (unpaired) electrons. The van der Waals surface area contributed by atoms with E-state index in [9.17, 15) is 9.18 Å². The van der Waals surface area contributed by atoms with Gasteiger partial charge in [0.1, 0.15) is 0 Å². The number of thiocarbonyl (C=S) groups is 1. The largest absolute Gasteiger partial charge is 0.491 e. The van der Waals surface area contributed by atoms with E-state index in [1.165, 1.54) is 12.1 Å². The lowest BCUT2D eigenvalue weighted by Crippen LogP contribution is -2.20. The van der Waals surface area contributed by atoms with Gasteiger partial charge in [0.2, 0.25) is 5.91 Å². The highest BCUT2D eigenvalue weighted by Crippen LogP contribution is 2.21. The fraction of sp³-hybridized carbons (Fsp3) is 0.273. The fourth-order valence-electron chi connectivity index (χ4n) is 1.21. The van der Waals surface area contributed by atoms with Crippen LogP contribution in [0, 0.1) is 5.82 Å². The van der Waals surface area contributed by atoms with Gasteiger partial charge in [-0.15, -0.1) is 0 Å². The maximum absolute atomic E-state index is 13.4. The summed E-state index contributed by atoms with van der Waals surface area (Å²) < 4.78 is 18.5. The molecule has 1 aromatic carbocycles. The second kappa shape index (κ2) is 6.15. The topological polar surface area (TPSA) is 64.3 Å². The van der Waals surface area contributed by atoms with E-state index >= 15 is 0 Å². The van der Waals surface area contributed by atoms with Crippen LogP contribution < -0.4 is 15.8 Å². The molecular formula is C11H13FN2O2S. The molecule has 6 heteroatoms. The van der Waals surface area contributed by atoms with Crippen LogP contribution in [0.25, 0.3) is 0 Å². The van der Waals surface area contributed by atoms with Gasteiger partial charge in [0, 0.05) is 11.8 Å². The van der Waals surface area contributed by atoms with Crippen molar-refractivity contribution < 1.29 is 13.9 Å². The van der Waals surface area contributed by atoms with Crippen LogP contribution in [0.4, 0.5) is 10.1 Å². The van der Waals surface area contributed by atoms with Crippen LogP contribution in [0.15, 0.2) is 18.2 Å². The number of nitrogens with one attached hydrogen (secondary N) is 1. The normalized spacial score (nSPS) is 9.76. The van der Waals surface area contributed by atoms with Crippen molar-refractivity contribution in [2.45, 2.75) is 13.3 Å². The molecule has 0 spiro atoms. The van der Waals surface area contributed by atoms with E-state index in [0.717, 1.165) is 0 Å². The first-order valence-electron chi connectivity index (χ1n) is 5.03. The number of halogens is 1. The van der Waals surface area contributed by atoms with Crippen LogP contribution in [0.5, 0.6) is 5.75 Å². The van der Waals surface area contributed by atoms with Crippen LogP contribution in [-0.2, 0) is 4.79 Å². The second-order valence-corrected chi connectivity index (χ2v) is 3.79. The highest BCUT2D eigenvalue weighted by Gasteiger charge is 2.07. The summed E-state index contributed by atoms with van der Waals surface area (Å²) in [4.78, 5) is 11.4. The molecule has 17 heavy (non-hydrogen) atoms. The van der Waals surface area contributed by atoms with E-state index in [1.54, 1.807) is 13.0 Å². The van der Waals surface area contributed by atoms with Crippen molar-refractivity contribution in [3.05, 3.63) is 24.0 Å². The molecule has 3 N–H and O–H groups in total. The Morgan fingerprint density at radius 2 is 2.29 bits per heavy atom. The van der Waals surface area contributed by atoms with Gasteiger partial charge in [-0.2, -0.15) is 0 Å². The van der Waals surface area contributed by atoms with Gasteiger partial charge in [0.05, 0.1) is 18.0 Å². The summed E-state index contributed by atoms with van der Waals surface area (Å²) in [7, 11) is 0. The molecule has 0 unspecified atom stereocenters. The average molecular weight is 256 g/mol. The summed E-state index contributed by atoms with van der Waals surface area (Å²) in [5, 5.41) is 2.48. The summed E-state index contributed by atoms with van der Waals surface area (Å²) >= 11 is 4.59. The first-order chi connectivity index (χ1) is 8.02. The predicted molar refractivity (Wildman–Crippen MR) is 67.6 cm³/mol. The number of carbonyl (C=O) groups excluding carboxylic acids is 1. The Hall–Kier alpha value is -1.69. The smallest absolute Gasteiger partial charge is 0.231 e. The highest BCUT2D eigenvalue weighted by molar-refractivity contribution is 7.80. The molecule has 0 bridgehead atoms. The van der Waals surface area contributed by atoms with E-state index in [1.807, 2.05) is 0 Å². The average Bonchev–Trinajstić information content (AvgIpc) is 2.21. The van der Waals surface area contributed by atoms with Crippen LogP contribution in [0.1, 0.15) is 13.3 Å². The van der Waals surface area contributed by atoms with Crippen molar-refractivity contribution in [1.82, 2.24) is 0 Å². The molecular weight excluding hydrogens is 243 g/mol. The zero-order chi connectivity index (χ0) is 12.8. The number of benzene rings is 1. The third-order valence-corrected chi connectivity index (χ3v) is 1.99. The van der Waals surface area contributed by atoms with Gasteiger partial charge in [0.15, 0.2) is 11.6 Å². The van der Waals surface area contributed by atoms with Crippen molar-refractivity contribution in [3.8, 4) is 5.75 Å². The number of amides is 1. The van der Waals surface area contributed by atoms with Gasteiger partial charge in [-0.25, -0.2) is 4.39 Å². The Balaban J connectivity index is 2.70. The molecule has 0 atom stereocenters. The number of hydrogen-bond donors (Lipinski definition) is 2. The molecule has 0 saturated heterocycles. The first kappa shape index (κ1) is 13.4. The summed E-state index contributed by atoms with van der Waals surface area (Å²) in [6.45, 7) is 2.14. The Kier molecular flexibility index (Phi) is 4.84. The van der Waals surface area contributed by atoms with Crippen molar-refractivity contribution in [1.29, 1.82) is 0 Å². The van der Waals surface area contributed by atoms with Gasteiger partial charge in [-0.3, -0.25) is 4.79 Å². The first-order valence-corrected chi connectivity index (χ1v) is 5.44. The molecule has 1 aromatic rings. The molecule has 1 amide bonds. The molecule has 0 aliphatic rings. The number of hydrogen-bond acceptors (Lipinski definition) is 3. The zero-order valence-corrected chi connectivity index (χ0v) is 10.1. The highest BCUT2D eigenvalue weighted by atomic mass is 32.1. The van der Waals surface area contributed by atoms with Gasteiger partial charge in [-0.05, 0) is 19.1 Å². The Morgan fingerprint density at radius 1 is 1.59 bits per heavy atom. The maximum Gasteiger partial charge on any atom is 0.231 e. The Labute approximate surface area is 104 Å². The Bertz CT molecular complexity index is 437. The van der Waals surface area contributed by atoms with E-state index in [0.29, 0.717) is 12.3 Å². The van der Waals surface area contributed by atoms with Crippen molar-refractivity contribution in [2.75, 3.05) is 11.9 Å². The van der Waals surface area contributed by atoms with Crippen LogP contribution in [0.3, 0.4) is 0 Å². The molecule has 4 nitrogen and oxygen atoms in total. The van der Waals surface area contributed by atoms with E-state index in [2.05, 4.69) is 17.5 Å².